The van der Waals surface area contributed by atoms with Crippen LogP contribution in [0, 0.1) is 5.41 Å². The number of aromatic nitrogens is 1. The summed E-state index contributed by atoms with van der Waals surface area (Å²) < 4.78 is 9.95. The van der Waals surface area contributed by atoms with Crippen molar-refractivity contribution >= 4 is 5.90 Å². The molecule has 0 aliphatic carbocycles. The number of pyridine rings is 1. The quantitative estimate of drug-likeness (QED) is 0.585. The first-order chi connectivity index (χ1) is 6.76. The Labute approximate surface area is 83.4 Å². The average molecular weight is 194 g/mol. The molecule has 4 heteroatoms. The summed E-state index contributed by atoms with van der Waals surface area (Å²) in [4.78, 5) is 4.04. The van der Waals surface area contributed by atoms with Crippen LogP contribution < -0.4 is 4.74 Å². The Hall–Kier alpha value is -1.58. The second-order valence-electron chi connectivity index (χ2n) is 2.74. The van der Waals surface area contributed by atoms with E-state index in [9.17, 15) is 0 Å². The molecule has 0 aliphatic rings. The third-order valence-electron chi connectivity index (χ3n) is 1.69. The molecule has 0 spiro atoms. The summed E-state index contributed by atoms with van der Waals surface area (Å²) in [5, 5.41) is 7.44. The molecule has 1 aromatic rings. The molecule has 0 saturated carbocycles. The maximum Gasteiger partial charge on any atom is 0.212 e. The van der Waals surface area contributed by atoms with Gasteiger partial charge in [0.05, 0.1) is 13.7 Å². The summed E-state index contributed by atoms with van der Waals surface area (Å²) in [6.45, 7) is 2.39. The molecule has 0 aromatic carbocycles. The van der Waals surface area contributed by atoms with Crippen molar-refractivity contribution in [3.05, 3.63) is 23.9 Å². The van der Waals surface area contributed by atoms with Gasteiger partial charge in [-0.3, -0.25) is 5.41 Å². The van der Waals surface area contributed by atoms with Crippen LogP contribution in [0.3, 0.4) is 0 Å². The Morgan fingerprint density at radius 3 is 2.79 bits per heavy atom. The van der Waals surface area contributed by atoms with Crippen LogP contribution in [0.15, 0.2) is 18.3 Å². The van der Waals surface area contributed by atoms with Crippen molar-refractivity contribution < 1.29 is 9.47 Å². The van der Waals surface area contributed by atoms with Crippen LogP contribution in [-0.2, 0) is 11.2 Å². The Balaban J connectivity index is 2.55. The fraction of sp³-hybridized carbons (Fsp3) is 0.400. The van der Waals surface area contributed by atoms with Gasteiger partial charge in [0, 0.05) is 18.7 Å². The van der Waals surface area contributed by atoms with Crippen LogP contribution in [0.1, 0.15) is 12.5 Å². The van der Waals surface area contributed by atoms with Gasteiger partial charge in [-0.05, 0) is 12.5 Å². The normalized spacial score (nSPS) is 9.57. The number of nitrogens with one attached hydrogen (secondary N) is 1. The van der Waals surface area contributed by atoms with Gasteiger partial charge in [-0.25, -0.2) is 4.98 Å². The van der Waals surface area contributed by atoms with Crippen molar-refractivity contribution in [3.8, 4) is 5.88 Å². The van der Waals surface area contributed by atoms with Crippen molar-refractivity contribution in [2.75, 3.05) is 13.7 Å². The topological polar surface area (TPSA) is 55.2 Å². The van der Waals surface area contributed by atoms with Crippen molar-refractivity contribution in [2.45, 2.75) is 13.3 Å². The molecule has 0 bridgehead atoms. The molecular weight excluding hydrogens is 180 g/mol. The highest BCUT2D eigenvalue weighted by atomic mass is 16.5. The monoisotopic (exact) mass is 194 g/mol. The smallest absolute Gasteiger partial charge is 0.212 e. The van der Waals surface area contributed by atoms with Crippen LogP contribution in [0.5, 0.6) is 5.88 Å². The van der Waals surface area contributed by atoms with E-state index < -0.39 is 0 Å². The van der Waals surface area contributed by atoms with Gasteiger partial charge in [0.2, 0.25) is 5.88 Å². The lowest BCUT2D eigenvalue weighted by Gasteiger charge is -2.04. The lowest BCUT2D eigenvalue weighted by atomic mass is 10.2. The minimum Gasteiger partial charge on any atom is -0.481 e. The second kappa shape index (κ2) is 5.21. The molecule has 0 unspecified atom stereocenters. The molecule has 1 heterocycles. The molecule has 1 rings (SSSR count). The largest absolute Gasteiger partial charge is 0.481 e. The van der Waals surface area contributed by atoms with E-state index >= 15 is 0 Å². The summed E-state index contributed by atoms with van der Waals surface area (Å²) in [5.74, 6) is 0.844. The third kappa shape index (κ3) is 3.05. The molecular formula is C10H14N2O2. The maximum absolute atomic E-state index is 7.44. The van der Waals surface area contributed by atoms with Gasteiger partial charge in [0.25, 0.3) is 0 Å². The van der Waals surface area contributed by atoms with E-state index in [1.54, 1.807) is 19.4 Å². The van der Waals surface area contributed by atoms with Crippen molar-refractivity contribution in [2.24, 2.45) is 0 Å². The Bertz CT molecular complexity index is 295. The van der Waals surface area contributed by atoms with Gasteiger partial charge in [-0.2, -0.15) is 0 Å². The van der Waals surface area contributed by atoms with Crippen LogP contribution in [-0.4, -0.2) is 24.6 Å². The molecule has 4 nitrogen and oxygen atoms in total. The molecule has 1 N–H and O–H groups in total. The molecule has 0 amide bonds. The lowest BCUT2D eigenvalue weighted by molar-refractivity contribution is 0.317. The number of nitrogens with zero attached hydrogens (tertiary/aromatic N) is 1. The van der Waals surface area contributed by atoms with Gasteiger partial charge in [-0.1, -0.05) is 6.07 Å². The van der Waals surface area contributed by atoms with Crippen molar-refractivity contribution in [3.63, 3.8) is 0 Å². The summed E-state index contributed by atoms with van der Waals surface area (Å²) in [5.41, 5.74) is 0.948. The standard InChI is InChI=1S/C10H14N2O2/c1-3-14-9(11)6-8-4-5-10(13-2)12-7-8/h4-5,7,11H,3,6H2,1-2H3. The van der Waals surface area contributed by atoms with Gasteiger partial charge >= 0.3 is 0 Å². The number of methoxy groups -OCH3 is 1. The molecule has 1 aromatic heterocycles. The molecule has 0 saturated heterocycles. The SMILES string of the molecule is CCOC(=N)Cc1ccc(OC)nc1. The predicted octanol–water partition coefficient (Wildman–Crippen LogP) is 1.65. The number of hydrogen-bond acceptors (Lipinski definition) is 4. The van der Waals surface area contributed by atoms with Gasteiger partial charge in [0.1, 0.15) is 0 Å². The first kappa shape index (κ1) is 10.5. The zero-order chi connectivity index (χ0) is 10.4. The highest BCUT2D eigenvalue weighted by Crippen LogP contribution is 2.07. The minimum absolute atomic E-state index is 0.263. The van der Waals surface area contributed by atoms with E-state index in [-0.39, 0.29) is 5.90 Å². The summed E-state index contributed by atoms with van der Waals surface area (Å²) in [6, 6.07) is 3.65. The Kier molecular flexibility index (Phi) is 3.91. The summed E-state index contributed by atoms with van der Waals surface area (Å²) in [6.07, 6.45) is 2.16. The highest BCUT2D eigenvalue weighted by molar-refractivity contribution is 5.75. The second-order valence-corrected chi connectivity index (χ2v) is 2.74. The van der Waals surface area contributed by atoms with Crippen molar-refractivity contribution in [1.82, 2.24) is 4.98 Å². The fourth-order valence-corrected chi connectivity index (χ4v) is 1.05. The van der Waals surface area contributed by atoms with E-state index in [1.807, 2.05) is 13.0 Å². The van der Waals surface area contributed by atoms with Crippen LogP contribution >= 0.6 is 0 Å². The predicted molar refractivity (Wildman–Crippen MR) is 53.8 cm³/mol. The van der Waals surface area contributed by atoms with Crippen molar-refractivity contribution in [1.29, 1.82) is 5.41 Å². The lowest BCUT2D eigenvalue weighted by Crippen LogP contribution is -2.06. The van der Waals surface area contributed by atoms with E-state index in [4.69, 9.17) is 14.9 Å². The molecule has 0 aliphatic heterocycles. The minimum atomic E-state index is 0.263. The summed E-state index contributed by atoms with van der Waals surface area (Å²) in [7, 11) is 1.57. The first-order valence-corrected chi connectivity index (χ1v) is 4.45. The van der Waals surface area contributed by atoms with Crippen LogP contribution in [0.2, 0.25) is 0 Å². The Morgan fingerprint density at radius 2 is 2.29 bits per heavy atom. The third-order valence-corrected chi connectivity index (χ3v) is 1.69. The summed E-state index contributed by atoms with van der Waals surface area (Å²) >= 11 is 0. The maximum atomic E-state index is 7.44. The molecule has 14 heavy (non-hydrogen) atoms. The molecule has 0 atom stereocenters. The van der Waals surface area contributed by atoms with Gasteiger partial charge in [-0.15, -0.1) is 0 Å². The Morgan fingerprint density at radius 1 is 1.50 bits per heavy atom. The zero-order valence-corrected chi connectivity index (χ0v) is 8.41. The number of rotatable bonds is 4. The zero-order valence-electron chi connectivity index (χ0n) is 8.41. The fourth-order valence-electron chi connectivity index (χ4n) is 1.05. The van der Waals surface area contributed by atoms with E-state index in [1.165, 1.54) is 0 Å². The average Bonchev–Trinajstić information content (AvgIpc) is 2.19. The number of ether oxygens (including phenoxy) is 2. The van der Waals surface area contributed by atoms with Crippen LogP contribution in [0.4, 0.5) is 0 Å². The highest BCUT2D eigenvalue weighted by Gasteiger charge is 2.00. The van der Waals surface area contributed by atoms with E-state index in [0.717, 1.165) is 5.56 Å². The molecule has 0 fully saturated rings. The van der Waals surface area contributed by atoms with E-state index in [2.05, 4.69) is 4.98 Å². The first-order valence-electron chi connectivity index (χ1n) is 4.45. The van der Waals surface area contributed by atoms with Gasteiger partial charge in [0.15, 0.2) is 5.90 Å². The van der Waals surface area contributed by atoms with Crippen LogP contribution in [0.25, 0.3) is 0 Å². The molecule has 76 valence electrons. The van der Waals surface area contributed by atoms with E-state index in [0.29, 0.717) is 18.9 Å². The van der Waals surface area contributed by atoms with Gasteiger partial charge < -0.3 is 9.47 Å². The molecule has 0 radical (unpaired) electrons. The number of hydrogen-bond donors (Lipinski definition) is 1.